The van der Waals surface area contributed by atoms with E-state index in [9.17, 15) is 0 Å². The van der Waals surface area contributed by atoms with Crippen molar-refractivity contribution >= 4 is 38.5 Å². The standard InChI is InChI=1S/C6H7BrIN/c7-6-4(8)2-1-3-5(6)9/h3H,1-2,9H2. The summed E-state index contributed by atoms with van der Waals surface area (Å²) in [5.41, 5.74) is 6.50. The lowest BCUT2D eigenvalue weighted by Crippen LogP contribution is -2.01. The van der Waals surface area contributed by atoms with E-state index in [0.29, 0.717) is 0 Å². The van der Waals surface area contributed by atoms with Crippen molar-refractivity contribution in [1.82, 2.24) is 0 Å². The third-order valence-corrected chi connectivity index (χ3v) is 3.98. The molecule has 50 valence electrons. The van der Waals surface area contributed by atoms with Crippen molar-refractivity contribution in [3.05, 3.63) is 19.8 Å². The van der Waals surface area contributed by atoms with E-state index in [0.717, 1.165) is 23.0 Å². The second-order valence-corrected chi connectivity index (χ2v) is 4.01. The number of nitrogens with two attached hydrogens (primary N) is 1. The van der Waals surface area contributed by atoms with Crippen molar-refractivity contribution in [2.24, 2.45) is 5.73 Å². The number of rotatable bonds is 0. The highest BCUT2D eigenvalue weighted by Crippen LogP contribution is 2.30. The van der Waals surface area contributed by atoms with Crippen LogP contribution in [0.4, 0.5) is 0 Å². The first kappa shape index (κ1) is 7.60. The Morgan fingerprint density at radius 2 is 2.33 bits per heavy atom. The van der Waals surface area contributed by atoms with E-state index in [1.807, 2.05) is 6.08 Å². The molecule has 1 aliphatic rings. The maximum Gasteiger partial charge on any atom is 0.0494 e. The molecule has 0 spiro atoms. The van der Waals surface area contributed by atoms with Crippen molar-refractivity contribution in [3.8, 4) is 0 Å². The van der Waals surface area contributed by atoms with Crippen molar-refractivity contribution in [1.29, 1.82) is 0 Å². The Morgan fingerprint density at radius 3 is 2.78 bits per heavy atom. The molecule has 0 aromatic rings. The van der Waals surface area contributed by atoms with Gasteiger partial charge in [0.15, 0.2) is 0 Å². The molecule has 0 amide bonds. The Morgan fingerprint density at radius 1 is 1.67 bits per heavy atom. The van der Waals surface area contributed by atoms with Gasteiger partial charge in [0, 0.05) is 13.8 Å². The SMILES string of the molecule is NC1=CCCC(I)=C1Br. The zero-order chi connectivity index (χ0) is 6.85. The second-order valence-electron chi connectivity index (χ2n) is 1.92. The van der Waals surface area contributed by atoms with Gasteiger partial charge in [-0.3, -0.25) is 0 Å². The Bertz CT molecular complexity index is 183. The first-order valence-electron chi connectivity index (χ1n) is 2.72. The average Bonchev–Trinajstić information content (AvgIpc) is 1.83. The number of halogens is 2. The minimum atomic E-state index is 0.880. The van der Waals surface area contributed by atoms with Gasteiger partial charge in [0.1, 0.15) is 0 Å². The Hall–Kier alpha value is 0.490. The lowest BCUT2D eigenvalue weighted by molar-refractivity contribution is 1.000. The van der Waals surface area contributed by atoms with Gasteiger partial charge in [-0.1, -0.05) is 6.08 Å². The lowest BCUT2D eigenvalue weighted by Gasteiger charge is -2.09. The van der Waals surface area contributed by atoms with Crippen LogP contribution in [0.25, 0.3) is 0 Å². The van der Waals surface area contributed by atoms with Gasteiger partial charge in [-0.15, -0.1) is 0 Å². The zero-order valence-corrected chi connectivity index (χ0v) is 8.57. The van der Waals surface area contributed by atoms with E-state index in [1.165, 1.54) is 3.58 Å². The second kappa shape index (κ2) is 3.05. The highest BCUT2D eigenvalue weighted by atomic mass is 127. The van der Waals surface area contributed by atoms with Crippen LogP contribution in [0.15, 0.2) is 19.8 Å². The van der Waals surface area contributed by atoms with Gasteiger partial charge in [0.05, 0.1) is 0 Å². The fourth-order valence-electron chi connectivity index (χ4n) is 0.710. The molecule has 0 heterocycles. The van der Waals surface area contributed by atoms with Gasteiger partial charge in [-0.05, 0) is 51.4 Å². The molecular formula is C6H7BrIN. The van der Waals surface area contributed by atoms with Gasteiger partial charge in [-0.25, -0.2) is 0 Å². The van der Waals surface area contributed by atoms with Crippen LogP contribution in [0.5, 0.6) is 0 Å². The van der Waals surface area contributed by atoms with Crippen molar-refractivity contribution < 1.29 is 0 Å². The monoisotopic (exact) mass is 299 g/mol. The highest BCUT2D eigenvalue weighted by Gasteiger charge is 2.07. The maximum absolute atomic E-state index is 5.62. The summed E-state index contributed by atoms with van der Waals surface area (Å²) in [4.78, 5) is 0. The van der Waals surface area contributed by atoms with Crippen LogP contribution in [-0.2, 0) is 0 Å². The number of hydrogen-bond donors (Lipinski definition) is 1. The summed E-state index contributed by atoms with van der Waals surface area (Å²) in [6.45, 7) is 0. The molecule has 0 saturated carbocycles. The van der Waals surface area contributed by atoms with Crippen LogP contribution < -0.4 is 5.73 Å². The van der Waals surface area contributed by atoms with E-state index in [1.54, 1.807) is 0 Å². The fourth-order valence-corrected chi connectivity index (χ4v) is 1.69. The lowest BCUT2D eigenvalue weighted by atomic mass is 10.2. The quantitative estimate of drug-likeness (QED) is 0.684. The van der Waals surface area contributed by atoms with Crippen LogP contribution in [0.3, 0.4) is 0 Å². The minimum absolute atomic E-state index is 0.880. The molecular weight excluding hydrogens is 293 g/mol. The predicted molar refractivity (Wildman–Crippen MR) is 51.5 cm³/mol. The van der Waals surface area contributed by atoms with Crippen molar-refractivity contribution in [2.75, 3.05) is 0 Å². The molecule has 0 fully saturated rings. The molecule has 0 saturated heterocycles. The van der Waals surface area contributed by atoms with Crippen LogP contribution in [-0.4, -0.2) is 0 Å². The van der Waals surface area contributed by atoms with Crippen LogP contribution in [0.2, 0.25) is 0 Å². The van der Waals surface area contributed by atoms with Crippen molar-refractivity contribution in [2.45, 2.75) is 12.8 Å². The summed E-state index contributed by atoms with van der Waals surface area (Å²) in [6.07, 6.45) is 4.26. The number of hydrogen-bond acceptors (Lipinski definition) is 1. The Balaban J connectivity index is 2.88. The first-order chi connectivity index (χ1) is 4.22. The van der Waals surface area contributed by atoms with Crippen molar-refractivity contribution in [3.63, 3.8) is 0 Å². The van der Waals surface area contributed by atoms with Gasteiger partial charge in [-0.2, -0.15) is 0 Å². The largest absolute Gasteiger partial charge is 0.398 e. The molecule has 0 aromatic carbocycles. The molecule has 9 heavy (non-hydrogen) atoms. The van der Waals surface area contributed by atoms with E-state index in [2.05, 4.69) is 38.5 Å². The molecule has 1 rings (SSSR count). The van der Waals surface area contributed by atoms with Gasteiger partial charge >= 0.3 is 0 Å². The molecule has 1 aliphatic carbocycles. The smallest absolute Gasteiger partial charge is 0.0494 e. The van der Waals surface area contributed by atoms with E-state index < -0.39 is 0 Å². The molecule has 0 atom stereocenters. The Kier molecular flexibility index (Phi) is 2.58. The summed E-state index contributed by atoms with van der Waals surface area (Å²) in [5.74, 6) is 0. The normalized spacial score (nSPS) is 20.0. The summed E-state index contributed by atoms with van der Waals surface area (Å²) in [6, 6.07) is 0. The van der Waals surface area contributed by atoms with Gasteiger partial charge < -0.3 is 5.73 Å². The maximum atomic E-state index is 5.62. The third kappa shape index (κ3) is 1.70. The molecule has 2 N–H and O–H groups in total. The molecule has 0 unspecified atom stereocenters. The minimum Gasteiger partial charge on any atom is -0.398 e. The first-order valence-corrected chi connectivity index (χ1v) is 4.59. The average molecular weight is 300 g/mol. The molecule has 0 aliphatic heterocycles. The Labute approximate surface area is 76.6 Å². The summed E-state index contributed by atoms with van der Waals surface area (Å²) in [7, 11) is 0. The van der Waals surface area contributed by atoms with Crippen LogP contribution in [0, 0.1) is 0 Å². The van der Waals surface area contributed by atoms with E-state index in [4.69, 9.17) is 5.73 Å². The zero-order valence-electron chi connectivity index (χ0n) is 4.82. The molecule has 3 heteroatoms. The topological polar surface area (TPSA) is 26.0 Å². The summed E-state index contributed by atoms with van der Waals surface area (Å²) in [5, 5.41) is 0. The third-order valence-electron chi connectivity index (χ3n) is 1.22. The molecule has 0 bridgehead atoms. The molecule has 0 aromatic heterocycles. The summed E-state index contributed by atoms with van der Waals surface area (Å²) < 4.78 is 2.40. The van der Waals surface area contributed by atoms with Crippen LogP contribution in [0.1, 0.15) is 12.8 Å². The summed E-state index contributed by atoms with van der Waals surface area (Å²) >= 11 is 5.71. The van der Waals surface area contributed by atoms with Gasteiger partial charge in [0.25, 0.3) is 0 Å². The van der Waals surface area contributed by atoms with Crippen LogP contribution >= 0.6 is 38.5 Å². The van der Waals surface area contributed by atoms with E-state index in [-0.39, 0.29) is 0 Å². The highest BCUT2D eigenvalue weighted by molar-refractivity contribution is 14.1. The predicted octanol–water partition coefficient (Wildman–Crippen LogP) is 2.66. The molecule has 1 nitrogen and oxygen atoms in total. The van der Waals surface area contributed by atoms with E-state index >= 15 is 0 Å². The fraction of sp³-hybridized carbons (Fsp3) is 0.333. The molecule has 0 radical (unpaired) electrons. The van der Waals surface area contributed by atoms with Gasteiger partial charge in [0.2, 0.25) is 0 Å². The number of allylic oxidation sites excluding steroid dienone is 3.